The smallest absolute Gasteiger partial charge is 0.317 e. The largest absolute Gasteiger partial charge is 0.507 e. The van der Waals surface area contributed by atoms with E-state index in [0.717, 1.165) is 30.3 Å². The molecule has 0 saturated carbocycles. The molecule has 0 radical (unpaired) electrons. The van der Waals surface area contributed by atoms with Gasteiger partial charge in [-0.3, -0.25) is 19.8 Å². The van der Waals surface area contributed by atoms with E-state index >= 15 is 0 Å². The summed E-state index contributed by atoms with van der Waals surface area (Å²) >= 11 is 0. The summed E-state index contributed by atoms with van der Waals surface area (Å²) in [5, 5.41) is 24.4. The molecule has 7 nitrogen and oxygen atoms in total. The lowest BCUT2D eigenvalue weighted by Gasteiger charge is -2.31. The molecule has 2 N–H and O–H groups in total. The number of aromatic hydroxyl groups is 1. The third-order valence-electron chi connectivity index (χ3n) is 5.34. The molecule has 0 aromatic heterocycles. The number of amides is 1. The van der Waals surface area contributed by atoms with E-state index in [4.69, 9.17) is 0 Å². The second-order valence-electron chi connectivity index (χ2n) is 6.80. The zero-order valence-electron chi connectivity index (χ0n) is 14.7. The first-order chi connectivity index (χ1) is 12.9. The number of carbonyl (C=O) groups is 1. The Morgan fingerprint density at radius 1 is 1.33 bits per heavy atom. The Bertz CT molecular complexity index is 976. The number of hydrogen-bond acceptors (Lipinski definition) is 5. The minimum atomic E-state index is -1.50. The Balaban J connectivity index is 1.99. The molecule has 2 aliphatic rings. The van der Waals surface area contributed by atoms with Gasteiger partial charge in [-0.1, -0.05) is 6.92 Å². The van der Waals surface area contributed by atoms with Gasteiger partial charge in [-0.15, -0.1) is 0 Å². The SMILES string of the molecule is CCN1CCc2c(-c3cc(F)ccc3O)cc3c(c2C1)NC(=O)C3[N+](=O)[O-]. The van der Waals surface area contributed by atoms with Gasteiger partial charge >= 0.3 is 11.9 Å². The summed E-state index contributed by atoms with van der Waals surface area (Å²) in [5.74, 6) is -1.29. The number of anilines is 1. The number of hydrogen-bond donors (Lipinski definition) is 2. The lowest BCUT2D eigenvalue weighted by molar-refractivity contribution is -0.511. The van der Waals surface area contributed by atoms with Crippen LogP contribution >= 0.6 is 0 Å². The van der Waals surface area contributed by atoms with E-state index in [1.807, 2.05) is 6.92 Å². The fourth-order valence-electron chi connectivity index (χ4n) is 3.97. The molecule has 0 bridgehead atoms. The van der Waals surface area contributed by atoms with Crippen molar-refractivity contribution < 1.29 is 19.2 Å². The van der Waals surface area contributed by atoms with Crippen LogP contribution < -0.4 is 5.32 Å². The van der Waals surface area contributed by atoms with Crippen LogP contribution in [0.4, 0.5) is 10.1 Å². The average Bonchev–Trinajstić information content (AvgIpc) is 2.99. The van der Waals surface area contributed by atoms with Crippen LogP contribution in [0.5, 0.6) is 5.75 Å². The molecule has 0 aliphatic carbocycles. The number of benzene rings is 2. The summed E-state index contributed by atoms with van der Waals surface area (Å²) in [5.41, 5.74) is 3.25. The lowest BCUT2D eigenvalue weighted by atomic mass is 9.86. The third kappa shape index (κ3) is 2.73. The zero-order chi connectivity index (χ0) is 19.3. The molecule has 1 unspecified atom stereocenters. The van der Waals surface area contributed by atoms with Gasteiger partial charge in [0.2, 0.25) is 0 Å². The van der Waals surface area contributed by atoms with Gasteiger partial charge in [0, 0.05) is 23.6 Å². The van der Waals surface area contributed by atoms with Crippen LogP contribution in [0.25, 0.3) is 11.1 Å². The van der Waals surface area contributed by atoms with Crippen molar-refractivity contribution in [3.8, 4) is 16.9 Å². The van der Waals surface area contributed by atoms with E-state index in [9.17, 15) is 24.4 Å². The first-order valence-corrected chi connectivity index (χ1v) is 8.75. The van der Waals surface area contributed by atoms with Crippen molar-refractivity contribution in [2.45, 2.75) is 25.9 Å². The van der Waals surface area contributed by atoms with Gasteiger partial charge in [0.25, 0.3) is 0 Å². The molecule has 27 heavy (non-hydrogen) atoms. The Hall–Kier alpha value is -3.00. The van der Waals surface area contributed by atoms with Crippen molar-refractivity contribution in [3.05, 3.63) is 56.9 Å². The number of carbonyl (C=O) groups excluding carboxylic acids is 1. The van der Waals surface area contributed by atoms with E-state index in [2.05, 4.69) is 10.2 Å². The summed E-state index contributed by atoms with van der Waals surface area (Å²) in [6.45, 7) is 4.13. The van der Waals surface area contributed by atoms with E-state index in [-0.39, 0.29) is 16.9 Å². The number of fused-ring (bicyclic) bond motifs is 3. The Kier molecular flexibility index (Phi) is 4.07. The molecule has 2 aromatic rings. The van der Waals surface area contributed by atoms with Gasteiger partial charge in [-0.2, -0.15) is 0 Å². The van der Waals surface area contributed by atoms with Gasteiger partial charge in [0.15, 0.2) is 0 Å². The molecule has 1 amide bonds. The van der Waals surface area contributed by atoms with Crippen LogP contribution in [0.3, 0.4) is 0 Å². The first kappa shape index (κ1) is 17.4. The van der Waals surface area contributed by atoms with E-state index in [1.165, 1.54) is 12.1 Å². The second kappa shape index (κ2) is 6.31. The predicted molar refractivity (Wildman–Crippen MR) is 96.5 cm³/mol. The summed E-state index contributed by atoms with van der Waals surface area (Å²) < 4.78 is 13.8. The van der Waals surface area contributed by atoms with Crippen molar-refractivity contribution in [2.75, 3.05) is 18.4 Å². The van der Waals surface area contributed by atoms with Crippen molar-refractivity contribution in [2.24, 2.45) is 0 Å². The van der Waals surface area contributed by atoms with Crippen LogP contribution in [-0.4, -0.2) is 33.9 Å². The van der Waals surface area contributed by atoms with Crippen molar-refractivity contribution >= 4 is 11.6 Å². The molecule has 2 aliphatic heterocycles. The van der Waals surface area contributed by atoms with E-state index in [0.29, 0.717) is 24.2 Å². The number of phenolic OH excluding ortho intramolecular Hbond substituents is 1. The number of halogens is 1. The highest BCUT2D eigenvalue weighted by Gasteiger charge is 2.43. The number of rotatable bonds is 3. The van der Waals surface area contributed by atoms with Crippen LogP contribution in [0.2, 0.25) is 0 Å². The normalized spacial score (nSPS) is 18.7. The Morgan fingerprint density at radius 3 is 2.81 bits per heavy atom. The molecule has 0 fully saturated rings. The maximum Gasteiger partial charge on any atom is 0.317 e. The number of nitrogens with zero attached hydrogens (tertiary/aromatic N) is 2. The van der Waals surface area contributed by atoms with Gasteiger partial charge in [0.05, 0.1) is 11.3 Å². The highest BCUT2D eigenvalue weighted by atomic mass is 19.1. The summed E-state index contributed by atoms with van der Waals surface area (Å²) in [4.78, 5) is 25.2. The molecule has 0 spiro atoms. The first-order valence-electron chi connectivity index (χ1n) is 8.75. The molecule has 2 heterocycles. The topological polar surface area (TPSA) is 95.7 Å². The Labute approximate surface area is 154 Å². The maximum atomic E-state index is 13.8. The molecule has 4 rings (SSSR count). The quantitative estimate of drug-likeness (QED) is 0.639. The van der Waals surface area contributed by atoms with Crippen molar-refractivity contribution in [1.82, 2.24) is 4.90 Å². The van der Waals surface area contributed by atoms with Gasteiger partial charge in [-0.05, 0) is 53.9 Å². The fraction of sp³-hybridized carbons (Fsp3) is 0.316. The van der Waals surface area contributed by atoms with Gasteiger partial charge < -0.3 is 10.4 Å². The van der Waals surface area contributed by atoms with Crippen LogP contribution in [0.15, 0.2) is 24.3 Å². The minimum absolute atomic E-state index is 0.105. The van der Waals surface area contributed by atoms with Crippen molar-refractivity contribution in [1.29, 1.82) is 0 Å². The number of nitrogens with one attached hydrogen (secondary N) is 1. The third-order valence-corrected chi connectivity index (χ3v) is 5.34. The molecular weight excluding hydrogens is 353 g/mol. The summed E-state index contributed by atoms with van der Waals surface area (Å²) in [6, 6.07) is 3.68. The average molecular weight is 371 g/mol. The number of likely N-dealkylation sites (N-methyl/N-ethyl adjacent to an activating group) is 1. The maximum absolute atomic E-state index is 13.8. The van der Waals surface area contributed by atoms with E-state index in [1.54, 1.807) is 6.07 Å². The molecule has 8 heteroatoms. The van der Waals surface area contributed by atoms with Crippen LogP contribution in [0, 0.1) is 15.9 Å². The molecule has 1 atom stereocenters. The van der Waals surface area contributed by atoms with Crippen LogP contribution in [0.1, 0.15) is 29.7 Å². The highest BCUT2D eigenvalue weighted by Crippen LogP contribution is 2.45. The zero-order valence-corrected chi connectivity index (χ0v) is 14.7. The molecule has 140 valence electrons. The standard InChI is InChI=1S/C19H18FN3O4/c1-2-22-6-5-11-12(13-7-10(20)3-4-16(13)24)8-14-17(15(11)9-22)21-19(25)18(14)23(26)27/h3-4,7-8,18,24H,2,5-6,9H2,1H3,(H,21,25). The van der Waals surface area contributed by atoms with Gasteiger partial charge in [0.1, 0.15) is 11.6 Å². The molecule has 0 saturated heterocycles. The lowest BCUT2D eigenvalue weighted by Crippen LogP contribution is -2.31. The minimum Gasteiger partial charge on any atom is -0.507 e. The molecule has 2 aromatic carbocycles. The highest BCUT2D eigenvalue weighted by molar-refractivity contribution is 6.04. The van der Waals surface area contributed by atoms with Crippen LogP contribution in [-0.2, 0) is 17.8 Å². The van der Waals surface area contributed by atoms with Gasteiger partial charge in [-0.25, -0.2) is 4.39 Å². The monoisotopic (exact) mass is 371 g/mol. The van der Waals surface area contributed by atoms with Crippen molar-refractivity contribution in [3.63, 3.8) is 0 Å². The summed E-state index contributed by atoms with van der Waals surface area (Å²) in [7, 11) is 0. The Morgan fingerprint density at radius 2 is 2.11 bits per heavy atom. The second-order valence-corrected chi connectivity index (χ2v) is 6.80. The molecular formula is C19H18FN3O4. The number of nitro groups is 1. The predicted octanol–water partition coefficient (Wildman–Crippen LogP) is 2.85. The number of phenols is 1. The fourth-order valence-corrected chi connectivity index (χ4v) is 3.97. The summed E-state index contributed by atoms with van der Waals surface area (Å²) in [6.07, 6.45) is 0.640. The van der Waals surface area contributed by atoms with E-state index < -0.39 is 22.7 Å².